The Kier molecular flexibility index (Phi) is 6.60. The molecule has 0 saturated carbocycles. The molecule has 27 heavy (non-hydrogen) atoms. The van der Waals surface area contributed by atoms with Crippen LogP contribution in [0.15, 0.2) is 41.3 Å². The number of rotatable bonds is 6. The zero-order valence-electron chi connectivity index (χ0n) is 15.3. The third-order valence-corrected chi connectivity index (χ3v) is 6.50. The van der Waals surface area contributed by atoms with Crippen LogP contribution in [0.4, 0.5) is 5.69 Å². The van der Waals surface area contributed by atoms with E-state index in [4.69, 9.17) is 16.9 Å². The normalized spacial score (nSPS) is 11.3. The average molecular weight is 406 g/mol. The van der Waals surface area contributed by atoms with Crippen molar-refractivity contribution in [3.8, 4) is 6.07 Å². The highest BCUT2D eigenvalue weighted by molar-refractivity contribution is 7.89. The van der Waals surface area contributed by atoms with Gasteiger partial charge >= 0.3 is 0 Å². The van der Waals surface area contributed by atoms with Gasteiger partial charge in [-0.25, -0.2) is 8.42 Å². The number of nitrogens with one attached hydrogen (secondary N) is 1. The second kappa shape index (κ2) is 8.53. The number of carbonyl (C=O) groups excluding carboxylic acids is 1. The van der Waals surface area contributed by atoms with E-state index in [-0.39, 0.29) is 15.5 Å². The highest BCUT2D eigenvalue weighted by atomic mass is 35.5. The van der Waals surface area contributed by atoms with Crippen LogP contribution in [0.1, 0.15) is 35.3 Å². The van der Waals surface area contributed by atoms with E-state index in [2.05, 4.69) is 5.32 Å². The Morgan fingerprint density at radius 2 is 1.85 bits per heavy atom. The van der Waals surface area contributed by atoms with Crippen LogP contribution in [-0.2, 0) is 10.0 Å². The van der Waals surface area contributed by atoms with Crippen molar-refractivity contribution >= 4 is 33.2 Å². The first-order valence-electron chi connectivity index (χ1n) is 8.36. The van der Waals surface area contributed by atoms with E-state index in [0.29, 0.717) is 29.9 Å². The van der Waals surface area contributed by atoms with E-state index < -0.39 is 15.9 Å². The molecule has 0 aromatic heterocycles. The van der Waals surface area contributed by atoms with E-state index in [1.165, 1.54) is 28.6 Å². The number of aryl methyl sites for hydroxylation is 1. The van der Waals surface area contributed by atoms with Crippen molar-refractivity contribution in [1.29, 1.82) is 5.26 Å². The van der Waals surface area contributed by atoms with Gasteiger partial charge < -0.3 is 5.32 Å². The molecule has 2 rings (SSSR count). The van der Waals surface area contributed by atoms with Crippen LogP contribution < -0.4 is 5.32 Å². The molecule has 2 aromatic rings. The minimum absolute atomic E-state index is 0.0693. The predicted octanol–water partition coefficient (Wildman–Crippen LogP) is 3.80. The number of sulfonamides is 1. The van der Waals surface area contributed by atoms with Crippen molar-refractivity contribution in [3.05, 3.63) is 58.1 Å². The number of hydrogen-bond donors (Lipinski definition) is 1. The fourth-order valence-corrected chi connectivity index (χ4v) is 4.31. The molecule has 1 amide bonds. The number of hydrogen-bond acceptors (Lipinski definition) is 4. The first kappa shape index (κ1) is 20.9. The molecule has 0 unspecified atom stereocenters. The van der Waals surface area contributed by atoms with Crippen LogP contribution in [0, 0.1) is 18.3 Å². The number of anilines is 1. The second-order valence-electron chi connectivity index (χ2n) is 5.83. The molecule has 2 aromatic carbocycles. The number of benzene rings is 2. The van der Waals surface area contributed by atoms with Crippen LogP contribution in [0.2, 0.25) is 5.02 Å². The molecule has 0 aliphatic heterocycles. The summed E-state index contributed by atoms with van der Waals surface area (Å²) in [5.41, 5.74) is 1.62. The molecule has 6 nitrogen and oxygen atoms in total. The predicted molar refractivity (Wildman–Crippen MR) is 105 cm³/mol. The number of halogens is 1. The van der Waals surface area contributed by atoms with E-state index in [9.17, 15) is 13.2 Å². The van der Waals surface area contributed by atoms with Gasteiger partial charge in [-0.2, -0.15) is 9.57 Å². The number of nitriles is 1. The minimum Gasteiger partial charge on any atom is -0.322 e. The number of carbonyl (C=O) groups is 1. The Morgan fingerprint density at radius 3 is 2.41 bits per heavy atom. The molecule has 0 bridgehead atoms. The third kappa shape index (κ3) is 4.48. The molecule has 0 fully saturated rings. The lowest BCUT2D eigenvalue weighted by molar-refractivity contribution is 0.102. The van der Waals surface area contributed by atoms with Gasteiger partial charge in [0.25, 0.3) is 5.91 Å². The molecule has 1 N–H and O–H groups in total. The van der Waals surface area contributed by atoms with Gasteiger partial charge in [-0.1, -0.05) is 31.5 Å². The zero-order chi connectivity index (χ0) is 20.2. The van der Waals surface area contributed by atoms with Gasteiger partial charge in [0, 0.05) is 24.3 Å². The standard InChI is InChI=1S/C19H20ClN3O3S/c1-4-23(5-2)27(25,26)16-9-6-13(3)17(11-16)19(24)22-15-8-7-14(12-21)18(20)10-15/h6-11H,4-5H2,1-3H3,(H,22,24). The Hall–Kier alpha value is -2.40. The third-order valence-electron chi connectivity index (χ3n) is 4.14. The number of nitrogens with zero attached hydrogens (tertiary/aromatic N) is 2. The van der Waals surface area contributed by atoms with Crippen molar-refractivity contribution in [2.24, 2.45) is 0 Å². The quantitative estimate of drug-likeness (QED) is 0.791. The molecule has 0 spiro atoms. The maximum absolute atomic E-state index is 12.7. The van der Waals surface area contributed by atoms with Crippen LogP contribution in [0.5, 0.6) is 0 Å². The molecule has 0 heterocycles. The van der Waals surface area contributed by atoms with Gasteiger partial charge in [-0.15, -0.1) is 0 Å². The van der Waals surface area contributed by atoms with Gasteiger partial charge in [-0.05, 0) is 42.8 Å². The average Bonchev–Trinajstić information content (AvgIpc) is 2.62. The lowest BCUT2D eigenvalue weighted by atomic mass is 10.1. The summed E-state index contributed by atoms with van der Waals surface area (Å²) in [4.78, 5) is 12.7. The SMILES string of the molecule is CCN(CC)S(=O)(=O)c1ccc(C)c(C(=O)Nc2ccc(C#N)c(Cl)c2)c1. The molecule has 0 aliphatic carbocycles. The summed E-state index contributed by atoms with van der Waals surface area (Å²) < 4.78 is 26.7. The Morgan fingerprint density at radius 1 is 1.19 bits per heavy atom. The fraction of sp³-hybridized carbons (Fsp3) is 0.263. The van der Waals surface area contributed by atoms with Crippen molar-refractivity contribution in [2.45, 2.75) is 25.7 Å². The summed E-state index contributed by atoms with van der Waals surface area (Å²) in [6.07, 6.45) is 0. The molecular formula is C19H20ClN3O3S. The van der Waals surface area contributed by atoms with Gasteiger partial charge in [0.1, 0.15) is 6.07 Å². The van der Waals surface area contributed by atoms with Crippen LogP contribution in [-0.4, -0.2) is 31.7 Å². The first-order valence-corrected chi connectivity index (χ1v) is 10.2. The minimum atomic E-state index is -3.67. The van der Waals surface area contributed by atoms with E-state index >= 15 is 0 Å². The molecule has 0 radical (unpaired) electrons. The van der Waals surface area contributed by atoms with Crippen LogP contribution >= 0.6 is 11.6 Å². The summed E-state index contributed by atoms with van der Waals surface area (Å²) in [5.74, 6) is -0.454. The van der Waals surface area contributed by atoms with Crippen molar-refractivity contribution in [3.63, 3.8) is 0 Å². The largest absolute Gasteiger partial charge is 0.322 e. The zero-order valence-corrected chi connectivity index (χ0v) is 16.9. The smallest absolute Gasteiger partial charge is 0.255 e. The summed E-state index contributed by atoms with van der Waals surface area (Å²) >= 11 is 5.98. The molecule has 8 heteroatoms. The highest BCUT2D eigenvalue weighted by Crippen LogP contribution is 2.23. The molecule has 0 saturated heterocycles. The van der Waals surface area contributed by atoms with E-state index in [0.717, 1.165) is 0 Å². The van der Waals surface area contributed by atoms with Gasteiger partial charge in [0.15, 0.2) is 0 Å². The van der Waals surface area contributed by atoms with Crippen molar-refractivity contribution < 1.29 is 13.2 Å². The second-order valence-corrected chi connectivity index (χ2v) is 8.17. The summed E-state index contributed by atoms with van der Waals surface area (Å²) in [5, 5.41) is 11.8. The summed E-state index contributed by atoms with van der Waals surface area (Å²) in [7, 11) is -3.67. The topological polar surface area (TPSA) is 90.3 Å². The van der Waals surface area contributed by atoms with Crippen molar-refractivity contribution in [1.82, 2.24) is 4.31 Å². The van der Waals surface area contributed by atoms with E-state index in [1.807, 2.05) is 6.07 Å². The summed E-state index contributed by atoms with van der Waals surface area (Å²) in [6, 6.07) is 11.0. The van der Waals surface area contributed by atoms with Crippen molar-refractivity contribution in [2.75, 3.05) is 18.4 Å². The van der Waals surface area contributed by atoms with Gasteiger partial charge in [0.2, 0.25) is 10.0 Å². The van der Waals surface area contributed by atoms with Gasteiger partial charge in [-0.3, -0.25) is 4.79 Å². The van der Waals surface area contributed by atoms with Crippen LogP contribution in [0.3, 0.4) is 0 Å². The first-order chi connectivity index (χ1) is 12.7. The van der Waals surface area contributed by atoms with E-state index in [1.54, 1.807) is 32.9 Å². The Balaban J connectivity index is 2.37. The maximum atomic E-state index is 12.7. The van der Waals surface area contributed by atoms with Crippen LogP contribution in [0.25, 0.3) is 0 Å². The summed E-state index contributed by atoms with van der Waals surface area (Å²) in [6.45, 7) is 5.94. The molecule has 0 aliphatic rings. The lowest BCUT2D eigenvalue weighted by Crippen LogP contribution is -2.30. The Bertz CT molecular complexity index is 1010. The Labute approximate surface area is 164 Å². The maximum Gasteiger partial charge on any atom is 0.255 e. The molecular weight excluding hydrogens is 386 g/mol. The highest BCUT2D eigenvalue weighted by Gasteiger charge is 2.23. The monoisotopic (exact) mass is 405 g/mol. The fourth-order valence-electron chi connectivity index (χ4n) is 2.60. The lowest BCUT2D eigenvalue weighted by Gasteiger charge is -2.19. The number of amides is 1. The molecule has 0 atom stereocenters. The molecule has 142 valence electrons. The van der Waals surface area contributed by atoms with Gasteiger partial charge in [0.05, 0.1) is 15.5 Å².